The number of hydrogen-bond donors (Lipinski definition) is 1. The molecule has 1 aromatic carbocycles. The van der Waals surface area contributed by atoms with Gasteiger partial charge >= 0.3 is 0 Å². The van der Waals surface area contributed by atoms with E-state index in [1.807, 2.05) is 0 Å². The van der Waals surface area contributed by atoms with Crippen LogP contribution in [0.4, 0.5) is 0 Å². The lowest BCUT2D eigenvalue weighted by atomic mass is 9.85. The van der Waals surface area contributed by atoms with Crippen LogP contribution in [0.1, 0.15) is 51.1 Å². The van der Waals surface area contributed by atoms with Crippen LogP contribution >= 0.6 is 15.9 Å². The van der Waals surface area contributed by atoms with Gasteiger partial charge in [0.05, 0.1) is 0 Å². The van der Waals surface area contributed by atoms with E-state index < -0.39 is 0 Å². The average molecular weight is 339 g/mol. The molecule has 2 N–H and O–H groups in total. The van der Waals surface area contributed by atoms with E-state index in [-0.39, 0.29) is 6.04 Å². The smallest absolute Gasteiger partial charge is 0.0496 e. The van der Waals surface area contributed by atoms with E-state index in [0.29, 0.717) is 12.1 Å². The summed E-state index contributed by atoms with van der Waals surface area (Å²) in [6.45, 7) is 4.49. The van der Waals surface area contributed by atoms with Gasteiger partial charge in [0.1, 0.15) is 0 Å². The largest absolute Gasteiger partial charge is 0.326 e. The van der Waals surface area contributed by atoms with Crippen LogP contribution in [0.3, 0.4) is 0 Å². The standard InChI is InChI=1S/C17H27BrN2/c1-12-4-10-16(11-5-12)20(3)17(13(2)19)14-6-8-15(18)9-7-14/h6-9,12-13,16-17H,4-5,10-11,19H2,1-3H3. The van der Waals surface area contributed by atoms with E-state index in [9.17, 15) is 0 Å². The van der Waals surface area contributed by atoms with Crippen LogP contribution in [0.15, 0.2) is 28.7 Å². The normalized spacial score (nSPS) is 26.5. The van der Waals surface area contributed by atoms with Gasteiger partial charge in [-0.1, -0.05) is 35.0 Å². The van der Waals surface area contributed by atoms with Gasteiger partial charge in [-0.15, -0.1) is 0 Å². The maximum absolute atomic E-state index is 6.29. The Hall–Kier alpha value is -0.380. The fourth-order valence-electron chi connectivity index (χ4n) is 3.45. The van der Waals surface area contributed by atoms with E-state index in [4.69, 9.17) is 5.73 Å². The second-order valence-corrected chi connectivity index (χ2v) is 7.35. The summed E-state index contributed by atoms with van der Waals surface area (Å²) < 4.78 is 1.12. The molecule has 0 amide bonds. The van der Waals surface area contributed by atoms with Crippen molar-refractivity contribution < 1.29 is 0 Å². The minimum atomic E-state index is 0.139. The predicted molar refractivity (Wildman–Crippen MR) is 89.7 cm³/mol. The summed E-state index contributed by atoms with van der Waals surface area (Å²) >= 11 is 3.51. The topological polar surface area (TPSA) is 29.3 Å². The first-order chi connectivity index (χ1) is 9.49. The van der Waals surface area contributed by atoms with E-state index >= 15 is 0 Å². The van der Waals surface area contributed by atoms with Crippen LogP contribution in [0.2, 0.25) is 0 Å². The van der Waals surface area contributed by atoms with Crippen molar-refractivity contribution in [3.63, 3.8) is 0 Å². The van der Waals surface area contributed by atoms with Gasteiger partial charge in [-0.25, -0.2) is 0 Å². The molecule has 0 aliphatic heterocycles. The molecule has 0 bridgehead atoms. The van der Waals surface area contributed by atoms with Crippen LogP contribution in [0.5, 0.6) is 0 Å². The minimum Gasteiger partial charge on any atom is -0.326 e. The van der Waals surface area contributed by atoms with Gasteiger partial charge in [-0.05, 0) is 63.3 Å². The molecule has 3 heteroatoms. The van der Waals surface area contributed by atoms with Crippen molar-refractivity contribution in [2.45, 2.75) is 57.7 Å². The molecule has 0 heterocycles. The van der Waals surface area contributed by atoms with Gasteiger partial charge < -0.3 is 5.73 Å². The number of likely N-dealkylation sites (N-methyl/N-ethyl adjacent to an activating group) is 1. The molecule has 1 saturated carbocycles. The number of hydrogen-bond acceptors (Lipinski definition) is 2. The van der Waals surface area contributed by atoms with Gasteiger partial charge in [0.15, 0.2) is 0 Å². The Morgan fingerprint density at radius 1 is 1.15 bits per heavy atom. The third kappa shape index (κ3) is 3.84. The maximum Gasteiger partial charge on any atom is 0.0496 e. The fourth-order valence-corrected chi connectivity index (χ4v) is 3.71. The van der Waals surface area contributed by atoms with Gasteiger partial charge in [0.25, 0.3) is 0 Å². The molecule has 0 radical (unpaired) electrons. The Labute approximate surface area is 131 Å². The van der Waals surface area contributed by atoms with Gasteiger partial charge in [-0.2, -0.15) is 0 Å². The first-order valence-corrected chi connectivity index (χ1v) is 8.51. The zero-order valence-electron chi connectivity index (χ0n) is 12.8. The monoisotopic (exact) mass is 338 g/mol. The Morgan fingerprint density at radius 2 is 1.70 bits per heavy atom. The second-order valence-electron chi connectivity index (χ2n) is 6.43. The van der Waals surface area contributed by atoms with Crippen molar-refractivity contribution >= 4 is 15.9 Å². The molecular formula is C17H27BrN2. The molecular weight excluding hydrogens is 312 g/mol. The average Bonchev–Trinajstić information content (AvgIpc) is 2.41. The fraction of sp³-hybridized carbons (Fsp3) is 0.647. The minimum absolute atomic E-state index is 0.139. The van der Waals surface area contributed by atoms with Crippen LogP contribution in [-0.2, 0) is 0 Å². The molecule has 20 heavy (non-hydrogen) atoms. The molecule has 2 atom stereocenters. The highest BCUT2D eigenvalue weighted by Crippen LogP contribution is 2.32. The zero-order valence-corrected chi connectivity index (χ0v) is 14.4. The van der Waals surface area contributed by atoms with Crippen molar-refractivity contribution in [1.82, 2.24) is 4.90 Å². The maximum atomic E-state index is 6.29. The number of nitrogens with two attached hydrogens (primary N) is 1. The lowest BCUT2D eigenvalue weighted by Gasteiger charge is -2.40. The molecule has 0 saturated heterocycles. The molecule has 2 rings (SSSR count). The molecule has 1 fully saturated rings. The van der Waals surface area contributed by atoms with E-state index in [0.717, 1.165) is 10.4 Å². The lowest BCUT2D eigenvalue weighted by Crippen LogP contribution is -2.44. The predicted octanol–water partition coefficient (Wildman–Crippen LogP) is 4.35. The Bertz CT molecular complexity index is 408. The summed E-state index contributed by atoms with van der Waals surface area (Å²) in [7, 11) is 2.25. The van der Waals surface area contributed by atoms with Gasteiger partial charge in [0.2, 0.25) is 0 Å². The quantitative estimate of drug-likeness (QED) is 0.884. The lowest BCUT2D eigenvalue weighted by molar-refractivity contribution is 0.111. The molecule has 2 unspecified atom stereocenters. The third-order valence-corrected chi connectivity index (χ3v) is 5.24. The zero-order chi connectivity index (χ0) is 14.7. The summed E-state index contributed by atoms with van der Waals surface area (Å²) in [6.07, 6.45) is 5.30. The highest BCUT2D eigenvalue weighted by molar-refractivity contribution is 9.10. The molecule has 112 valence electrons. The summed E-state index contributed by atoms with van der Waals surface area (Å²) in [5.41, 5.74) is 7.61. The Balaban J connectivity index is 2.13. The Kier molecular flexibility index (Phi) is 5.65. The van der Waals surface area contributed by atoms with E-state index in [2.05, 4.69) is 66.0 Å². The van der Waals surface area contributed by atoms with Gasteiger partial charge in [-0.3, -0.25) is 4.90 Å². The molecule has 0 aromatic heterocycles. The van der Waals surface area contributed by atoms with Gasteiger partial charge in [0, 0.05) is 22.6 Å². The second kappa shape index (κ2) is 7.06. The number of rotatable bonds is 4. The van der Waals surface area contributed by atoms with Crippen LogP contribution in [0, 0.1) is 5.92 Å². The Morgan fingerprint density at radius 3 is 2.20 bits per heavy atom. The summed E-state index contributed by atoms with van der Waals surface area (Å²) in [5, 5.41) is 0. The number of nitrogens with zero attached hydrogens (tertiary/aromatic N) is 1. The van der Waals surface area contributed by atoms with E-state index in [1.54, 1.807) is 0 Å². The SMILES string of the molecule is CC1CCC(N(C)C(c2ccc(Br)cc2)C(C)N)CC1. The summed E-state index contributed by atoms with van der Waals surface area (Å²) in [5.74, 6) is 0.890. The van der Waals surface area contributed by atoms with Crippen molar-refractivity contribution in [3.05, 3.63) is 34.3 Å². The molecule has 1 aliphatic rings. The number of benzene rings is 1. The summed E-state index contributed by atoms with van der Waals surface area (Å²) in [6, 6.07) is 9.73. The van der Waals surface area contributed by atoms with Crippen molar-refractivity contribution in [2.24, 2.45) is 11.7 Å². The molecule has 1 aromatic rings. The summed E-state index contributed by atoms with van der Waals surface area (Å²) in [4.78, 5) is 2.51. The third-order valence-electron chi connectivity index (χ3n) is 4.71. The highest BCUT2D eigenvalue weighted by Gasteiger charge is 2.29. The first kappa shape index (κ1) is 16.0. The van der Waals surface area contributed by atoms with E-state index in [1.165, 1.54) is 31.2 Å². The first-order valence-electron chi connectivity index (χ1n) is 7.72. The highest BCUT2D eigenvalue weighted by atomic mass is 79.9. The van der Waals surface area contributed by atoms with Crippen LogP contribution in [0.25, 0.3) is 0 Å². The molecule has 0 spiro atoms. The van der Waals surface area contributed by atoms with Crippen LogP contribution < -0.4 is 5.73 Å². The number of halogens is 1. The molecule has 2 nitrogen and oxygen atoms in total. The van der Waals surface area contributed by atoms with Crippen molar-refractivity contribution in [2.75, 3.05) is 7.05 Å². The van der Waals surface area contributed by atoms with Crippen LogP contribution in [-0.4, -0.2) is 24.0 Å². The van der Waals surface area contributed by atoms with Crippen molar-refractivity contribution in [1.29, 1.82) is 0 Å². The molecule has 1 aliphatic carbocycles. The van der Waals surface area contributed by atoms with Crippen molar-refractivity contribution in [3.8, 4) is 0 Å².